The van der Waals surface area contributed by atoms with Gasteiger partial charge in [-0.15, -0.1) is 0 Å². The van der Waals surface area contributed by atoms with Crippen LogP contribution in [-0.2, 0) is 20.7 Å². The molecule has 0 amide bonds. The zero-order valence-corrected chi connectivity index (χ0v) is 11.6. The average Bonchev–Trinajstić information content (AvgIpc) is 2.73. The highest BCUT2D eigenvalue weighted by Gasteiger charge is 2.18. The Morgan fingerprint density at radius 1 is 1.47 bits per heavy atom. The number of halogens is 1. The highest BCUT2D eigenvalue weighted by molar-refractivity contribution is 9.10. The van der Waals surface area contributed by atoms with Crippen molar-refractivity contribution in [2.75, 3.05) is 6.61 Å². The molecule has 1 saturated heterocycles. The zero-order valence-electron chi connectivity index (χ0n) is 10.1. The Morgan fingerprint density at radius 2 is 2.26 bits per heavy atom. The minimum absolute atomic E-state index is 0.0505. The van der Waals surface area contributed by atoms with Crippen molar-refractivity contribution >= 4 is 39.3 Å². The van der Waals surface area contributed by atoms with Gasteiger partial charge in [0.2, 0.25) is 0 Å². The molecule has 100 valence electrons. The molecule has 1 aliphatic heterocycles. The van der Waals surface area contributed by atoms with E-state index in [2.05, 4.69) is 20.9 Å². The number of hydrogen-bond donors (Lipinski definition) is 1. The van der Waals surface area contributed by atoms with E-state index in [1.54, 1.807) is 0 Å². The first-order valence-electron chi connectivity index (χ1n) is 5.77. The van der Waals surface area contributed by atoms with Crippen LogP contribution in [0.15, 0.2) is 27.7 Å². The third-order valence-electron chi connectivity index (χ3n) is 2.68. The molecule has 0 bridgehead atoms. The summed E-state index contributed by atoms with van der Waals surface area (Å²) in [7, 11) is 0. The van der Waals surface area contributed by atoms with Crippen LogP contribution in [0, 0.1) is 0 Å². The summed E-state index contributed by atoms with van der Waals surface area (Å²) in [4.78, 5) is 26.0. The number of benzene rings is 1. The Kier molecular flexibility index (Phi) is 4.31. The molecule has 1 aromatic rings. The van der Waals surface area contributed by atoms with Crippen molar-refractivity contribution in [2.45, 2.75) is 19.3 Å². The van der Waals surface area contributed by atoms with Gasteiger partial charge in [0, 0.05) is 10.9 Å². The number of aryl methyl sites for hydroxylation is 1. The number of aliphatic carboxylic acids is 1. The Morgan fingerprint density at radius 3 is 2.89 bits per heavy atom. The van der Waals surface area contributed by atoms with E-state index in [4.69, 9.17) is 9.84 Å². The molecule has 19 heavy (non-hydrogen) atoms. The average molecular weight is 326 g/mol. The number of nitrogens with zero attached hydrogens (tertiary/aromatic N) is 1. The molecule has 0 atom stereocenters. The highest BCUT2D eigenvalue weighted by Crippen LogP contribution is 2.26. The van der Waals surface area contributed by atoms with Crippen molar-refractivity contribution in [3.05, 3.63) is 28.2 Å². The van der Waals surface area contributed by atoms with E-state index in [1.165, 1.54) is 0 Å². The first kappa shape index (κ1) is 13.7. The van der Waals surface area contributed by atoms with Gasteiger partial charge in [0.25, 0.3) is 0 Å². The maximum atomic E-state index is 11.0. The lowest BCUT2D eigenvalue weighted by atomic mass is 10.1. The predicted octanol–water partition coefficient (Wildman–Crippen LogP) is 2.49. The lowest BCUT2D eigenvalue weighted by molar-refractivity contribution is -0.138. The molecule has 1 heterocycles. The van der Waals surface area contributed by atoms with Crippen LogP contribution in [0.5, 0.6) is 0 Å². The molecule has 0 aliphatic carbocycles. The van der Waals surface area contributed by atoms with Gasteiger partial charge in [0.05, 0.1) is 17.8 Å². The number of carbonyl (C=O) groups excluding carboxylic acids is 1. The lowest BCUT2D eigenvalue weighted by Crippen LogP contribution is -1.99. The quantitative estimate of drug-likeness (QED) is 0.863. The van der Waals surface area contributed by atoms with Crippen molar-refractivity contribution in [2.24, 2.45) is 4.99 Å². The second-order valence-electron chi connectivity index (χ2n) is 4.18. The summed E-state index contributed by atoms with van der Waals surface area (Å²) in [6, 6.07) is 5.49. The van der Waals surface area contributed by atoms with Gasteiger partial charge >= 0.3 is 11.9 Å². The molecular formula is C13H12BrNO4. The lowest BCUT2D eigenvalue weighted by Gasteiger charge is -2.05. The third-order valence-corrected chi connectivity index (χ3v) is 3.18. The van der Waals surface area contributed by atoms with Gasteiger partial charge in [0.1, 0.15) is 6.61 Å². The summed E-state index contributed by atoms with van der Waals surface area (Å²) in [5, 5.41) is 8.73. The minimum atomic E-state index is -0.846. The van der Waals surface area contributed by atoms with Gasteiger partial charge in [0.15, 0.2) is 0 Å². The van der Waals surface area contributed by atoms with Crippen LogP contribution in [0.25, 0.3) is 0 Å². The number of carbonyl (C=O) groups is 2. The van der Waals surface area contributed by atoms with Gasteiger partial charge in [-0.25, -0.2) is 0 Å². The van der Waals surface area contributed by atoms with Crippen LogP contribution >= 0.6 is 15.9 Å². The van der Waals surface area contributed by atoms with Gasteiger partial charge in [-0.1, -0.05) is 22.0 Å². The van der Waals surface area contributed by atoms with Crippen molar-refractivity contribution < 1.29 is 19.4 Å². The summed E-state index contributed by atoms with van der Waals surface area (Å²) in [5.74, 6) is -1.12. The van der Waals surface area contributed by atoms with E-state index in [0.29, 0.717) is 17.8 Å². The largest absolute Gasteiger partial charge is 0.481 e. The monoisotopic (exact) mass is 325 g/mol. The molecule has 2 rings (SSSR count). The fourth-order valence-corrected chi connectivity index (χ4v) is 2.12. The normalized spacial score (nSPS) is 16.7. The molecule has 5 nitrogen and oxygen atoms in total. The predicted molar refractivity (Wildman–Crippen MR) is 72.8 cm³/mol. The molecule has 0 saturated carbocycles. The van der Waals surface area contributed by atoms with Crippen LogP contribution < -0.4 is 0 Å². The van der Waals surface area contributed by atoms with E-state index in [-0.39, 0.29) is 25.4 Å². The van der Waals surface area contributed by atoms with E-state index in [9.17, 15) is 9.59 Å². The minimum Gasteiger partial charge on any atom is -0.481 e. The molecule has 1 N–H and O–H groups in total. The van der Waals surface area contributed by atoms with Gasteiger partial charge in [-0.05, 0) is 24.1 Å². The molecule has 0 unspecified atom stereocenters. The van der Waals surface area contributed by atoms with E-state index in [0.717, 1.165) is 10.0 Å². The van der Waals surface area contributed by atoms with Crippen LogP contribution in [-0.4, -0.2) is 29.4 Å². The van der Waals surface area contributed by atoms with Gasteiger partial charge in [-0.3, -0.25) is 14.6 Å². The maximum absolute atomic E-state index is 11.0. The van der Waals surface area contributed by atoms with Crippen LogP contribution in [0.1, 0.15) is 18.4 Å². The van der Waals surface area contributed by atoms with E-state index < -0.39 is 5.97 Å². The second kappa shape index (κ2) is 5.97. The number of esters is 1. The SMILES string of the molecule is O=C(O)CCc1ccc(Br)cc1N=C1COC(=O)C1. The number of rotatable bonds is 4. The molecule has 0 radical (unpaired) electrons. The molecule has 0 spiro atoms. The smallest absolute Gasteiger partial charge is 0.312 e. The Labute approximate surface area is 118 Å². The maximum Gasteiger partial charge on any atom is 0.312 e. The second-order valence-corrected chi connectivity index (χ2v) is 5.10. The summed E-state index contributed by atoms with van der Waals surface area (Å²) >= 11 is 3.35. The Balaban J connectivity index is 2.24. The topological polar surface area (TPSA) is 76.0 Å². The number of cyclic esters (lactones) is 1. The van der Waals surface area contributed by atoms with Crippen LogP contribution in [0.2, 0.25) is 0 Å². The number of carboxylic acids is 1. The molecule has 1 aromatic carbocycles. The molecule has 1 aliphatic rings. The third kappa shape index (κ3) is 3.89. The van der Waals surface area contributed by atoms with Crippen molar-refractivity contribution in [1.29, 1.82) is 0 Å². The molecule has 6 heteroatoms. The number of aliphatic imine (C=N–C) groups is 1. The van der Waals surface area contributed by atoms with Crippen LogP contribution in [0.4, 0.5) is 5.69 Å². The first-order valence-corrected chi connectivity index (χ1v) is 6.56. The molecule has 1 fully saturated rings. The number of hydrogen-bond acceptors (Lipinski definition) is 4. The van der Waals surface area contributed by atoms with Crippen LogP contribution in [0.3, 0.4) is 0 Å². The summed E-state index contributed by atoms with van der Waals surface area (Å²) in [5.41, 5.74) is 2.20. The summed E-state index contributed by atoms with van der Waals surface area (Å²) < 4.78 is 5.69. The van der Waals surface area contributed by atoms with Crippen molar-refractivity contribution in [1.82, 2.24) is 0 Å². The standard InChI is InChI=1S/C13H12BrNO4/c14-9-3-1-8(2-4-12(16)17)11(5-9)15-10-6-13(18)19-7-10/h1,3,5H,2,4,6-7H2,(H,16,17). The Hall–Kier alpha value is -1.69. The molecule has 0 aromatic heterocycles. The number of carboxylic acid groups (broad SMARTS) is 1. The fraction of sp³-hybridized carbons (Fsp3) is 0.308. The fourth-order valence-electron chi connectivity index (χ4n) is 1.77. The van der Waals surface area contributed by atoms with E-state index in [1.807, 2.05) is 18.2 Å². The van der Waals surface area contributed by atoms with Crippen molar-refractivity contribution in [3.63, 3.8) is 0 Å². The van der Waals surface area contributed by atoms with Crippen molar-refractivity contribution in [3.8, 4) is 0 Å². The summed E-state index contributed by atoms with van der Waals surface area (Å²) in [6.45, 7) is 0.212. The molecular weight excluding hydrogens is 314 g/mol. The van der Waals surface area contributed by atoms with Gasteiger partial charge < -0.3 is 9.84 Å². The Bertz CT molecular complexity index is 554. The first-order chi connectivity index (χ1) is 9.04. The number of ether oxygens (including phenoxy) is 1. The van der Waals surface area contributed by atoms with Gasteiger partial charge in [-0.2, -0.15) is 0 Å². The summed E-state index contributed by atoms with van der Waals surface area (Å²) in [6.07, 6.45) is 0.656. The highest BCUT2D eigenvalue weighted by atomic mass is 79.9. The van der Waals surface area contributed by atoms with E-state index >= 15 is 0 Å². The zero-order chi connectivity index (χ0) is 13.8.